The number of carbonyl (C=O) groups is 1. The number of aromatic nitrogens is 2. The van der Waals surface area contributed by atoms with Gasteiger partial charge in [0.25, 0.3) is 5.56 Å². The van der Waals surface area contributed by atoms with Crippen molar-refractivity contribution in [2.75, 3.05) is 24.3 Å². The molecular formula is C21H28N6O4S. The van der Waals surface area contributed by atoms with Crippen molar-refractivity contribution in [3.63, 3.8) is 0 Å². The molecular weight excluding hydrogens is 432 g/mol. The molecule has 4 N–H and O–H groups in total. The molecule has 1 saturated carbocycles. The van der Waals surface area contributed by atoms with Crippen LogP contribution in [-0.4, -0.2) is 41.4 Å². The third-order valence-corrected chi connectivity index (χ3v) is 8.04. The molecule has 0 radical (unpaired) electrons. The first-order chi connectivity index (χ1) is 15.2. The number of anilines is 2. The summed E-state index contributed by atoms with van der Waals surface area (Å²) in [5.41, 5.74) is 7.09. The number of rotatable bonds is 6. The van der Waals surface area contributed by atoms with Gasteiger partial charge in [-0.15, -0.1) is 0 Å². The number of pyridine rings is 2. The molecule has 0 saturated heterocycles. The number of carbonyl (C=O) groups excluding carboxylic acids is 1. The standard InChI is InChI=1S/C21H28N6O4S/c1-13-8-17-20(24-12-26(32(17,30)31)10-15-4-3-5-15)21(29)27(13)11-19(28)23-9-16-6-7-18(22)25-14(16)2/h6-8,15,24H,3-5,9-12H2,1-2H3,(H2,22,25)(H,23,28). The van der Waals surface area contributed by atoms with E-state index in [2.05, 4.69) is 15.6 Å². The molecule has 1 fully saturated rings. The van der Waals surface area contributed by atoms with Crippen LogP contribution < -0.4 is 21.9 Å². The van der Waals surface area contributed by atoms with Crippen molar-refractivity contribution in [1.29, 1.82) is 0 Å². The third kappa shape index (κ3) is 4.22. The SMILES string of the molecule is Cc1nc(N)ccc1CNC(=O)Cn1c(C)cc2c(c1=O)NCN(CC1CCC1)S2(=O)=O. The Morgan fingerprint density at radius 2 is 2.06 bits per heavy atom. The van der Waals surface area contributed by atoms with E-state index in [9.17, 15) is 18.0 Å². The number of hydrogen-bond donors (Lipinski definition) is 3. The highest BCUT2D eigenvalue weighted by Crippen LogP contribution is 2.32. The van der Waals surface area contributed by atoms with Crippen LogP contribution in [0.15, 0.2) is 27.9 Å². The summed E-state index contributed by atoms with van der Waals surface area (Å²) in [4.78, 5) is 29.7. The van der Waals surface area contributed by atoms with Crippen molar-refractivity contribution in [2.45, 2.75) is 51.1 Å². The van der Waals surface area contributed by atoms with Crippen LogP contribution in [0.3, 0.4) is 0 Å². The minimum Gasteiger partial charge on any atom is -0.384 e. The van der Waals surface area contributed by atoms with E-state index in [1.165, 1.54) is 14.9 Å². The Bertz CT molecular complexity index is 1220. The molecule has 2 aromatic rings. The molecule has 0 atom stereocenters. The Balaban J connectivity index is 1.51. The summed E-state index contributed by atoms with van der Waals surface area (Å²) in [6.07, 6.45) is 3.18. The number of nitrogens with one attached hydrogen (secondary N) is 2. The van der Waals surface area contributed by atoms with Crippen molar-refractivity contribution in [1.82, 2.24) is 19.2 Å². The molecule has 1 aliphatic heterocycles. The first kappa shape index (κ1) is 22.3. The van der Waals surface area contributed by atoms with Gasteiger partial charge < -0.3 is 20.9 Å². The molecule has 1 amide bonds. The Morgan fingerprint density at radius 1 is 1.31 bits per heavy atom. The van der Waals surface area contributed by atoms with Crippen LogP contribution in [0.5, 0.6) is 0 Å². The molecule has 0 aromatic carbocycles. The normalized spacial score (nSPS) is 17.8. The number of fused-ring (bicyclic) bond motifs is 1. The fourth-order valence-electron chi connectivity index (χ4n) is 4.01. The maximum Gasteiger partial charge on any atom is 0.276 e. The van der Waals surface area contributed by atoms with E-state index in [1.807, 2.05) is 0 Å². The van der Waals surface area contributed by atoms with E-state index in [0.29, 0.717) is 29.7 Å². The summed E-state index contributed by atoms with van der Waals surface area (Å²) < 4.78 is 28.8. The van der Waals surface area contributed by atoms with Gasteiger partial charge in [-0.05, 0) is 50.3 Å². The van der Waals surface area contributed by atoms with E-state index >= 15 is 0 Å². The second-order valence-corrected chi connectivity index (χ2v) is 10.4. The van der Waals surface area contributed by atoms with E-state index in [0.717, 1.165) is 24.8 Å². The predicted octanol–water partition coefficient (Wildman–Crippen LogP) is 0.933. The van der Waals surface area contributed by atoms with Gasteiger partial charge in [-0.2, -0.15) is 4.31 Å². The van der Waals surface area contributed by atoms with Crippen molar-refractivity contribution < 1.29 is 13.2 Å². The van der Waals surface area contributed by atoms with Crippen molar-refractivity contribution in [2.24, 2.45) is 5.92 Å². The highest BCUT2D eigenvalue weighted by atomic mass is 32.2. The zero-order valence-corrected chi connectivity index (χ0v) is 19.0. The lowest BCUT2D eigenvalue weighted by molar-refractivity contribution is -0.121. The number of hydrogen-bond acceptors (Lipinski definition) is 7. The number of nitrogen functional groups attached to an aromatic ring is 1. The van der Waals surface area contributed by atoms with Crippen LogP contribution in [0.25, 0.3) is 0 Å². The molecule has 2 aliphatic rings. The molecule has 1 aliphatic carbocycles. The van der Waals surface area contributed by atoms with Crippen molar-refractivity contribution in [3.8, 4) is 0 Å². The van der Waals surface area contributed by atoms with Gasteiger partial charge >= 0.3 is 0 Å². The first-order valence-corrected chi connectivity index (χ1v) is 12.1. The Kier molecular flexibility index (Phi) is 5.95. The van der Waals surface area contributed by atoms with Gasteiger partial charge in [-0.1, -0.05) is 12.5 Å². The van der Waals surface area contributed by atoms with Crippen molar-refractivity contribution >= 4 is 27.4 Å². The molecule has 10 nitrogen and oxygen atoms in total. The second-order valence-electron chi connectivity index (χ2n) is 8.44. The molecule has 0 spiro atoms. The largest absolute Gasteiger partial charge is 0.384 e. The van der Waals surface area contributed by atoms with Crippen LogP contribution in [0.4, 0.5) is 11.5 Å². The molecule has 2 aromatic heterocycles. The summed E-state index contributed by atoms with van der Waals surface area (Å²) in [5.74, 6) is 0.414. The third-order valence-electron chi connectivity index (χ3n) is 6.20. The summed E-state index contributed by atoms with van der Waals surface area (Å²) in [5, 5.41) is 5.74. The minimum atomic E-state index is -3.76. The lowest BCUT2D eigenvalue weighted by Crippen LogP contribution is -2.46. The lowest BCUT2D eigenvalue weighted by atomic mass is 9.85. The smallest absolute Gasteiger partial charge is 0.276 e. The van der Waals surface area contributed by atoms with Gasteiger partial charge in [-0.3, -0.25) is 9.59 Å². The number of amides is 1. The molecule has 0 bridgehead atoms. The number of aryl methyl sites for hydroxylation is 2. The van der Waals surface area contributed by atoms with Crippen molar-refractivity contribution in [3.05, 3.63) is 45.5 Å². The molecule has 0 unspecified atom stereocenters. The van der Waals surface area contributed by atoms with Crippen LogP contribution in [0.1, 0.15) is 36.2 Å². The highest BCUT2D eigenvalue weighted by molar-refractivity contribution is 7.89. The van der Waals surface area contributed by atoms with Gasteiger partial charge in [0.15, 0.2) is 0 Å². The Hall–Kier alpha value is -2.92. The highest BCUT2D eigenvalue weighted by Gasteiger charge is 2.36. The zero-order valence-electron chi connectivity index (χ0n) is 18.2. The first-order valence-electron chi connectivity index (χ1n) is 10.6. The molecule has 32 heavy (non-hydrogen) atoms. The van der Waals surface area contributed by atoms with Crippen LogP contribution in [-0.2, 0) is 27.9 Å². The maximum atomic E-state index is 13.1. The van der Waals surface area contributed by atoms with E-state index < -0.39 is 15.6 Å². The molecule has 4 rings (SSSR count). The van der Waals surface area contributed by atoms with Gasteiger partial charge in [0.2, 0.25) is 15.9 Å². The topological polar surface area (TPSA) is 139 Å². The van der Waals surface area contributed by atoms with Gasteiger partial charge in [0.05, 0.1) is 6.67 Å². The summed E-state index contributed by atoms with van der Waals surface area (Å²) in [6, 6.07) is 4.92. The quantitative estimate of drug-likeness (QED) is 0.583. The van der Waals surface area contributed by atoms with E-state index in [1.54, 1.807) is 26.0 Å². The zero-order chi connectivity index (χ0) is 23.0. The summed E-state index contributed by atoms with van der Waals surface area (Å²) in [7, 11) is -3.76. The van der Waals surface area contributed by atoms with Gasteiger partial charge in [0, 0.05) is 24.5 Å². The number of nitrogens with zero attached hydrogens (tertiary/aromatic N) is 3. The number of sulfonamides is 1. The van der Waals surface area contributed by atoms with Crippen LogP contribution in [0, 0.1) is 19.8 Å². The molecule has 11 heteroatoms. The van der Waals surface area contributed by atoms with Crippen LogP contribution in [0.2, 0.25) is 0 Å². The van der Waals surface area contributed by atoms with Gasteiger partial charge in [0.1, 0.15) is 22.9 Å². The fourth-order valence-corrected chi connectivity index (χ4v) is 5.67. The molecule has 3 heterocycles. The lowest BCUT2D eigenvalue weighted by Gasteiger charge is -2.35. The second kappa shape index (κ2) is 8.55. The fraction of sp³-hybridized carbons (Fsp3) is 0.476. The van der Waals surface area contributed by atoms with Crippen LogP contribution >= 0.6 is 0 Å². The average molecular weight is 461 g/mol. The monoisotopic (exact) mass is 460 g/mol. The average Bonchev–Trinajstić information content (AvgIpc) is 2.69. The number of nitrogens with two attached hydrogens (primary N) is 1. The minimum absolute atomic E-state index is 0.0202. The molecule has 172 valence electrons. The predicted molar refractivity (Wildman–Crippen MR) is 120 cm³/mol. The van der Waals surface area contributed by atoms with E-state index in [4.69, 9.17) is 5.73 Å². The maximum absolute atomic E-state index is 13.1. The Labute approximate surface area is 186 Å². The summed E-state index contributed by atoms with van der Waals surface area (Å²) >= 11 is 0. The Morgan fingerprint density at radius 3 is 2.72 bits per heavy atom. The van der Waals surface area contributed by atoms with E-state index in [-0.39, 0.29) is 36.2 Å². The summed E-state index contributed by atoms with van der Waals surface area (Å²) in [6.45, 7) is 3.98. The van der Waals surface area contributed by atoms with Gasteiger partial charge in [-0.25, -0.2) is 13.4 Å².